The Morgan fingerprint density at radius 3 is 2.70 bits per heavy atom. The van der Waals surface area contributed by atoms with E-state index in [0.717, 1.165) is 43.0 Å². The monoisotopic (exact) mass is 271 g/mol. The highest BCUT2D eigenvalue weighted by atomic mass is 15.3. The number of nitrogens with two attached hydrogens (primary N) is 1. The first kappa shape index (κ1) is 13.3. The highest BCUT2D eigenvalue weighted by Crippen LogP contribution is 2.38. The van der Waals surface area contributed by atoms with Gasteiger partial charge in [-0.25, -0.2) is 0 Å². The largest absolute Gasteiger partial charge is 0.353 e. The molecule has 1 saturated carbocycles. The van der Waals surface area contributed by atoms with Gasteiger partial charge in [-0.1, -0.05) is 0 Å². The Labute approximate surface area is 119 Å². The molecule has 20 heavy (non-hydrogen) atoms. The van der Waals surface area contributed by atoms with Gasteiger partial charge in [0, 0.05) is 19.1 Å². The summed E-state index contributed by atoms with van der Waals surface area (Å²) in [6, 6.07) is 2.65. The molecule has 0 amide bonds. The lowest BCUT2D eigenvalue weighted by Gasteiger charge is -2.27. The summed E-state index contributed by atoms with van der Waals surface area (Å²) >= 11 is 0. The maximum absolute atomic E-state index is 9.42. The van der Waals surface area contributed by atoms with Crippen molar-refractivity contribution in [2.24, 2.45) is 17.6 Å². The maximum atomic E-state index is 9.42. The van der Waals surface area contributed by atoms with Gasteiger partial charge in [0.05, 0.1) is 5.69 Å². The van der Waals surface area contributed by atoms with Crippen molar-refractivity contribution in [1.29, 1.82) is 5.26 Å². The normalized spacial score (nSPS) is 29.1. The molecule has 1 aliphatic carbocycles. The van der Waals surface area contributed by atoms with E-state index in [1.54, 1.807) is 0 Å². The molecular formula is C15H21N5. The van der Waals surface area contributed by atoms with Crippen LogP contribution in [0, 0.1) is 37.0 Å². The van der Waals surface area contributed by atoms with Crippen LogP contribution in [0.25, 0.3) is 0 Å². The summed E-state index contributed by atoms with van der Waals surface area (Å²) in [7, 11) is 0. The van der Waals surface area contributed by atoms with E-state index >= 15 is 0 Å². The zero-order valence-electron chi connectivity index (χ0n) is 12.1. The topological polar surface area (TPSA) is 78.8 Å². The van der Waals surface area contributed by atoms with Crippen molar-refractivity contribution in [3.8, 4) is 6.07 Å². The summed E-state index contributed by atoms with van der Waals surface area (Å²) in [6.07, 6.45) is 3.42. The minimum Gasteiger partial charge on any atom is -0.353 e. The minimum atomic E-state index is 0.345. The zero-order valence-corrected chi connectivity index (χ0v) is 12.1. The van der Waals surface area contributed by atoms with Gasteiger partial charge in [-0.2, -0.15) is 10.4 Å². The summed E-state index contributed by atoms with van der Waals surface area (Å²) in [5, 5.41) is 17.9. The third-order valence-corrected chi connectivity index (χ3v) is 4.94. The lowest BCUT2D eigenvalue weighted by molar-refractivity contribution is 0.271. The molecule has 1 aliphatic heterocycles. The standard InChI is InChI=1S/C15H21N5/c1-9-10(2)18-19-15(14(9)6-16)20-7-11-3-4-13(17)5-12(11)8-20/h11-13H,3-5,7-8,17H2,1-2H3/t11-,12+,13?/m1/s1. The van der Waals surface area contributed by atoms with Gasteiger partial charge in [0.2, 0.25) is 0 Å². The van der Waals surface area contributed by atoms with Gasteiger partial charge >= 0.3 is 0 Å². The maximum Gasteiger partial charge on any atom is 0.169 e. The smallest absolute Gasteiger partial charge is 0.169 e. The fraction of sp³-hybridized carbons (Fsp3) is 0.667. The molecule has 3 rings (SSSR count). The van der Waals surface area contributed by atoms with Gasteiger partial charge in [-0.05, 0) is 50.5 Å². The van der Waals surface area contributed by atoms with Crippen molar-refractivity contribution in [1.82, 2.24) is 10.2 Å². The van der Waals surface area contributed by atoms with Crippen LogP contribution in [0.4, 0.5) is 5.82 Å². The molecule has 5 nitrogen and oxygen atoms in total. The van der Waals surface area contributed by atoms with E-state index in [4.69, 9.17) is 5.73 Å². The Morgan fingerprint density at radius 1 is 1.20 bits per heavy atom. The molecule has 2 heterocycles. The van der Waals surface area contributed by atoms with Crippen LogP contribution in [0.5, 0.6) is 0 Å². The van der Waals surface area contributed by atoms with Gasteiger partial charge in [0.25, 0.3) is 0 Å². The average molecular weight is 271 g/mol. The minimum absolute atomic E-state index is 0.345. The van der Waals surface area contributed by atoms with Gasteiger partial charge in [0.15, 0.2) is 5.82 Å². The van der Waals surface area contributed by atoms with Crippen LogP contribution < -0.4 is 10.6 Å². The van der Waals surface area contributed by atoms with Crippen LogP contribution >= 0.6 is 0 Å². The molecule has 0 aromatic carbocycles. The number of aryl methyl sites for hydroxylation is 1. The second-order valence-corrected chi connectivity index (χ2v) is 6.22. The predicted molar refractivity (Wildman–Crippen MR) is 77.2 cm³/mol. The van der Waals surface area contributed by atoms with E-state index in [-0.39, 0.29) is 0 Å². The first-order chi connectivity index (χ1) is 9.60. The van der Waals surface area contributed by atoms with E-state index in [2.05, 4.69) is 21.2 Å². The van der Waals surface area contributed by atoms with E-state index < -0.39 is 0 Å². The predicted octanol–water partition coefficient (Wildman–Crippen LogP) is 1.53. The van der Waals surface area contributed by atoms with Crippen LogP contribution in [0.3, 0.4) is 0 Å². The van der Waals surface area contributed by atoms with Crippen molar-refractivity contribution in [2.45, 2.75) is 39.2 Å². The van der Waals surface area contributed by atoms with Crippen LogP contribution in [0.15, 0.2) is 0 Å². The highest BCUT2D eigenvalue weighted by Gasteiger charge is 2.38. The molecule has 0 spiro atoms. The lowest BCUT2D eigenvalue weighted by atomic mass is 9.79. The molecule has 3 atom stereocenters. The fourth-order valence-electron chi connectivity index (χ4n) is 3.59. The third kappa shape index (κ3) is 2.14. The van der Waals surface area contributed by atoms with E-state index in [1.807, 2.05) is 13.8 Å². The van der Waals surface area contributed by atoms with Crippen molar-refractivity contribution in [3.05, 3.63) is 16.8 Å². The Bertz CT molecular complexity index is 562. The molecule has 2 aliphatic rings. The summed E-state index contributed by atoms with van der Waals surface area (Å²) < 4.78 is 0. The van der Waals surface area contributed by atoms with Gasteiger partial charge in [-0.15, -0.1) is 5.10 Å². The molecule has 1 saturated heterocycles. The molecule has 0 radical (unpaired) electrons. The number of rotatable bonds is 1. The number of nitrogens with zero attached hydrogens (tertiary/aromatic N) is 4. The van der Waals surface area contributed by atoms with Gasteiger partial charge in [-0.3, -0.25) is 0 Å². The molecule has 1 aromatic heterocycles. The van der Waals surface area contributed by atoms with E-state index in [0.29, 0.717) is 23.4 Å². The number of hydrogen-bond acceptors (Lipinski definition) is 5. The Hall–Kier alpha value is -1.67. The molecule has 1 unspecified atom stereocenters. The molecule has 1 aromatic rings. The zero-order chi connectivity index (χ0) is 14.3. The Balaban J connectivity index is 1.88. The number of aromatic nitrogens is 2. The summed E-state index contributed by atoms with van der Waals surface area (Å²) in [4.78, 5) is 2.24. The highest BCUT2D eigenvalue weighted by molar-refractivity contribution is 5.58. The number of fused-ring (bicyclic) bond motifs is 1. The van der Waals surface area contributed by atoms with Crippen LogP contribution in [-0.2, 0) is 0 Å². The Kier molecular flexibility index (Phi) is 3.35. The molecule has 0 bridgehead atoms. The number of hydrogen-bond donors (Lipinski definition) is 1. The van der Waals surface area contributed by atoms with E-state index in [9.17, 15) is 5.26 Å². The molecule has 2 fully saturated rings. The van der Waals surface area contributed by atoms with E-state index in [1.165, 1.54) is 6.42 Å². The summed E-state index contributed by atoms with van der Waals surface area (Å²) in [5.41, 5.74) is 8.54. The Morgan fingerprint density at radius 2 is 1.95 bits per heavy atom. The SMILES string of the molecule is Cc1nnc(N2C[C@H]3CCC(N)C[C@H]3C2)c(C#N)c1C. The van der Waals surface area contributed by atoms with Crippen molar-refractivity contribution in [3.63, 3.8) is 0 Å². The molecular weight excluding hydrogens is 250 g/mol. The summed E-state index contributed by atoms with van der Waals surface area (Å²) in [6.45, 7) is 5.80. The molecule has 106 valence electrons. The second kappa shape index (κ2) is 5.02. The van der Waals surface area contributed by atoms with Crippen molar-refractivity contribution >= 4 is 5.82 Å². The third-order valence-electron chi connectivity index (χ3n) is 4.94. The van der Waals surface area contributed by atoms with Crippen molar-refractivity contribution in [2.75, 3.05) is 18.0 Å². The summed E-state index contributed by atoms with van der Waals surface area (Å²) in [5.74, 6) is 2.11. The molecule has 2 N–H and O–H groups in total. The van der Waals surface area contributed by atoms with Crippen molar-refractivity contribution < 1.29 is 0 Å². The quantitative estimate of drug-likeness (QED) is 0.838. The second-order valence-electron chi connectivity index (χ2n) is 6.22. The lowest BCUT2D eigenvalue weighted by Crippen LogP contribution is -2.32. The molecule has 5 heteroatoms. The average Bonchev–Trinajstić information content (AvgIpc) is 2.84. The fourth-order valence-corrected chi connectivity index (χ4v) is 3.59. The first-order valence-corrected chi connectivity index (χ1v) is 7.34. The first-order valence-electron chi connectivity index (χ1n) is 7.34. The van der Waals surface area contributed by atoms with Crippen LogP contribution in [-0.4, -0.2) is 29.3 Å². The van der Waals surface area contributed by atoms with Crippen LogP contribution in [0.1, 0.15) is 36.1 Å². The van der Waals surface area contributed by atoms with Gasteiger partial charge < -0.3 is 10.6 Å². The van der Waals surface area contributed by atoms with Gasteiger partial charge in [0.1, 0.15) is 11.6 Å². The van der Waals surface area contributed by atoms with Crippen LogP contribution in [0.2, 0.25) is 0 Å². The number of anilines is 1. The number of nitriles is 1.